The van der Waals surface area contributed by atoms with E-state index in [1.807, 2.05) is 39.0 Å². The van der Waals surface area contributed by atoms with Gasteiger partial charge in [0.2, 0.25) is 0 Å². The highest BCUT2D eigenvalue weighted by atomic mass is 16.6. The smallest absolute Gasteiger partial charge is 0.269 e. The number of hydrogen-bond donors (Lipinski definition) is 1. The van der Waals surface area contributed by atoms with Gasteiger partial charge in [-0.25, -0.2) is 0 Å². The van der Waals surface area contributed by atoms with Crippen LogP contribution in [-0.2, 0) is 0 Å². The minimum absolute atomic E-state index is 0.153. The van der Waals surface area contributed by atoms with Gasteiger partial charge in [-0.15, -0.1) is 0 Å². The van der Waals surface area contributed by atoms with Crippen molar-refractivity contribution in [1.29, 1.82) is 0 Å². The van der Waals surface area contributed by atoms with Crippen molar-refractivity contribution in [3.05, 3.63) is 69.3 Å². The van der Waals surface area contributed by atoms with Crippen LogP contribution in [0.5, 0.6) is 5.75 Å². The van der Waals surface area contributed by atoms with E-state index in [0.29, 0.717) is 5.75 Å². The standard InChI is InChI=1S/C8H10O.C7H7NO2/c1-6-3-4-7(2)8(9)5-6;1-6-3-2-4-7(5-6)8(9)10/h3-5,9H,1-2H3;2-5H,1H3. The summed E-state index contributed by atoms with van der Waals surface area (Å²) >= 11 is 0. The molecule has 0 aromatic heterocycles. The number of phenols is 1. The second-order valence-corrected chi connectivity index (χ2v) is 4.39. The van der Waals surface area contributed by atoms with Crippen LogP contribution in [-0.4, -0.2) is 10.0 Å². The maximum Gasteiger partial charge on any atom is 0.269 e. The largest absolute Gasteiger partial charge is 0.508 e. The molecule has 4 nitrogen and oxygen atoms in total. The van der Waals surface area contributed by atoms with Crippen molar-refractivity contribution in [1.82, 2.24) is 0 Å². The third-order valence-corrected chi connectivity index (χ3v) is 2.58. The highest BCUT2D eigenvalue weighted by Gasteiger charge is 2.01. The lowest BCUT2D eigenvalue weighted by molar-refractivity contribution is -0.384. The van der Waals surface area contributed by atoms with Crippen LogP contribution in [0.2, 0.25) is 0 Å². The fraction of sp³-hybridized carbons (Fsp3) is 0.200. The van der Waals surface area contributed by atoms with Crippen molar-refractivity contribution in [2.75, 3.05) is 0 Å². The van der Waals surface area contributed by atoms with Gasteiger partial charge in [-0.1, -0.05) is 24.3 Å². The lowest BCUT2D eigenvalue weighted by Crippen LogP contribution is -1.86. The van der Waals surface area contributed by atoms with E-state index in [1.54, 1.807) is 18.2 Å². The van der Waals surface area contributed by atoms with Gasteiger partial charge < -0.3 is 5.11 Å². The molecule has 100 valence electrons. The average Bonchev–Trinajstić information content (AvgIpc) is 2.35. The first-order chi connectivity index (χ1) is 8.90. The Kier molecular flexibility index (Phi) is 5.06. The molecule has 0 saturated carbocycles. The predicted molar refractivity (Wildman–Crippen MR) is 75.4 cm³/mol. The van der Waals surface area contributed by atoms with Gasteiger partial charge in [-0.3, -0.25) is 10.1 Å². The zero-order chi connectivity index (χ0) is 14.4. The Hall–Kier alpha value is -2.36. The molecule has 19 heavy (non-hydrogen) atoms. The van der Waals surface area contributed by atoms with Crippen molar-refractivity contribution in [3.8, 4) is 5.75 Å². The van der Waals surface area contributed by atoms with Crippen LogP contribution in [0.4, 0.5) is 5.69 Å². The van der Waals surface area contributed by atoms with Gasteiger partial charge in [-0.2, -0.15) is 0 Å². The van der Waals surface area contributed by atoms with Crippen LogP contribution in [0.1, 0.15) is 16.7 Å². The lowest BCUT2D eigenvalue weighted by atomic mass is 10.1. The van der Waals surface area contributed by atoms with Gasteiger partial charge in [0.1, 0.15) is 5.75 Å². The Labute approximate surface area is 112 Å². The Morgan fingerprint density at radius 2 is 1.63 bits per heavy atom. The maximum absolute atomic E-state index is 10.2. The quantitative estimate of drug-likeness (QED) is 0.623. The number of aromatic hydroxyl groups is 1. The number of nitro groups is 1. The summed E-state index contributed by atoms with van der Waals surface area (Å²) in [5.41, 5.74) is 3.09. The van der Waals surface area contributed by atoms with E-state index in [1.165, 1.54) is 6.07 Å². The van der Waals surface area contributed by atoms with E-state index in [2.05, 4.69) is 0 Å². The minimum Gasteiger partial charge on any atom is -0.508 e. The van der Waals surface area contributed by atoms with E-state index in [0.717, 1.165) is 16.7 Å². The molecule has 0 aliphatic heterocycles. The predicted octanol–water partition coefficient (Wildman–Crippen LogP) is 3.91. The van der Waals surface area contributed by atoms with E-state index in [-0.39, 0.29) is 5.69 Å². The zero-order valence-corrected chi connectivity index (χ0v) is 11.3. The third-order valence-electron chi connectivity index (χ3n) is 2.58. The van der Waals surface area contributed by atoms with Crippen molar-refractivity contribution in [2.24, 2.45) is 0 Å². The summed E-state index contributed by atoms with van der Waals surface area (Å²) < 4.78 is 0. The summed E-state index contributed by atoms with van der Waals surface area (Å²) in [6.07, 6.45) is 0. The molecule has 0 unspecified atom stereocenters. The summed E-state index contributed by atoms with van der Waals surface area (Å²) in [6, 6.07) is 12.2. The molecule has 0 saturated heterocycles. The SMILES string of the molecule is Cc1ccc(C)c(O)c1.Cc1cccc([N+](=O)[O-])c1. The molecule has 1 N–H and O–H groups in total. The molecule has 4 heteroatoms. The van der Waals surface area contributed by atoms with E-state index in [4.69, 9.17) is 5.11 Å². The number of hydrogen-bond acceptors (Lipinski definition) is 3. The second-order valence-electron chi connectivity index (χ2n) is 4.39. The van der Waals surface area contributed by atoms with Crippen LogP contribution < -0.4 is 0 Å². The lowest BCUT2D eigenvalue weighted by Gasteiger charge is -1.97. The minimum atomic E-state index is -0.396. The number of non-ortho nitro benzene ring substituents is 1. The molecule has 2 rings (SSSR count). The third kappa shape index (κ3) is 4.79. The first-order valence-corrected chi connectivity index (χ1v) is 5.87. The van der Waals surface area contributed by atoms with Crippen molar-refractivity contribution in [2.45, 2.75) is 20.8 Å². The highest BCUT2D eigenvalue weighted by Crippen LogP contribution is 2.16. The first kappa shape index (κ1) is 14.7. The Morgan fingerprint density at radius 1 is 1.00 bits per heavy atom. The maximum atomic E-state index is 10.2. The number of benzene rings is 2. The van der Waals surface area contributed by atoms with E-state index >= 15 is 0 Å². The van der Waals surface area contributed by atoms with E-state index in [9.17, 15) is 10.1 Å². The summed E-state index contributed by atoms with van der Waals surface area (Å²) in [6.45, 7) is 5.67. The van der Waals surface area contributed by atoms with Crippen LogP contribution in [0.3, 0.4) is 0 Å². The molecule has 0 heterocycles. The normalized spacial score (nSPS) is 9.42. The fourth-order valence-corrected chi connectivity index (χ4v) is 1.46. The summed E-state index contributed by atoms with van der Waals surface area (Å²) in [5.74, 6) is 0.384. The molecular weight excluding hydrogens is 242 g/mol. The van der Waals surface area contributed by atoms with Crippen LogP contribution >= 0.6 is 0 Å². The molecule has 2 aromatic rings. The van der Waals surface area contributed by atoms with Gasteiger partial charge >= 0.3 is 0 Å². The summed E-state index contributed by atoms with van der Waals surface area (Å²) in [7, 11) is 0. The van der Waals surface area contributed by atoms with Crippen molar-refractivity contribution < 1.29 is 10.0 Å². The zero-order valence-electron chi connectivity index (χ0n) is 11.3. The second kappa shape index (κ2) is 6.54. The van der Waals surface area contributed by atoms with Crippen LogP contribution in [0.25, 0.3) is 0 Å². The molecule has 0 atom stereocenters. The molecular formula is C15H17NO3. The van der Waals surface area contributed by atoms with Crippen LogP contribution in [0, 0.1) is 30.9 Å². The highest BCUT2D eigenvalue weighted by molar-refractivity contribution is 5.34. The Bertz CT molecular complexity index is 579. The number of rotatable bonds is 1. The van der Waals surface area contributed by atoms with Gasteiger partial charge in [-0.05, 0) is 43.5 Å². The van der Waals surface area contributed by atoms with Crippen LogP contribution in [0.15, 0.2) is 42.5 Å². The number of nitrogens with zero attached hydrogens (tertiary/aromatic N) is 1. The Morgan fingerprint density at radius 3 is 2.05 bits per heavy atom. The van der Waals surface area contributed by atoms with Gasteiger partial charge in [0, 0.05) is 12.1 Å². The average molecular weight is 259 g/mol. The number of phenolic OH excluding ortho intramolecular Hbond substituents is 1. The molecule has 0 aliphatic rings. The molecule has 0 spiro atoms. The molecule has 0 fully saturated rings. The van der Waals surface area contributed by atoms with Crippen molar-refractivity contribution in [3.63, 3.8) is 0 Å². The monoisotopic (exact) mass is 259 g/mol. The molecule has 2 aromatic carbocycles. The van der Waals surface area contributed by atoms with Crippen molar-refractivity contribution >= 4 is 5.69 Å². The fourth-order valence-electron chi connectivity index (χ4n) is 1.46. The van der Waals surface area contributed by atoms with E-state index < -0.39 is 4.92 Å². The summed E-state index contributed by atoms with van der Waals surface area (Å²) in [4.78, 5) is 9.76. The summed E-state index contributed by atoms with van der Waals surface area (Å²) in [5, 5.41) is 19.3. The first-order valence-electron chi connectivity index (χ1n) is 5.87. The Balaban J connectivity index is 0.000000191. The topological polar surface area (TPSA) is 63.4 Å². The number of aryl methyl sites for hydroxylation is 3. The molecule has 0 bridgehead atoms. The van der Waals surface area contributed by atoms with Gasteiger partial charge in [0.15, 0.2) is 0 Å². The molecule has 0 aliphatic carbocycles. The number of nitro benzene ring substituents is 1. The molecule has 0 amide bonds. The van der Waals surface area contributed by atoms with Gasteiger partial charge in [0.05, 0.1) is 4.92 Å². The molecule has 0 radical (unpaired) electrons. The van der Waals surface area contributed by atoms with Gasteiger partial charge in [0.25, 0.3) is 5.69 Å².